The molecule has 6 atom stereocenters. The molecule has 2 fully saturated rings. The Kier molecular flexibility index (Phi) is 10.6. The Bertz CT molecular complexity index is 1790. The molecule has 0 radical (unpaired) electrons. The lowest BCUT2D eigenvalue weighted by atomic mass is 9.85. The van der Waals surface area contributed by atoms with E-state index >= 15 is 0 Å². The minimum Gasteiger partial charge on any atom is -0.507 e. The first kappa shape index (κ1) is 35.5. The van der Waals surface area contributed by atoms with Gasteiger partial charge in [-0.15, -0.1) is 0 Å². The predicted molar refractivity (Wildman–Crippen MR) is 196 cm³/mol. The van der Waals surface area contributed by atoms with Crippen molar-refractivity contribution in [2.45, 2.75) is 95.9 Å². The molecule has 0 saturated carbocycles. The molecule has 0 amide bonds. The summed E-state index contributed by atoms with van der Waals surface area (Å²) >= 11 is 0. The van der Waals surface area contributed by atoms with Gasteiger partial charge in [-0.3, -0.25) is 9.98 Å². The fourth-order valence-corrected chi connectivity index (χ4v) is 6.45. The monoisotopic (exact) mass is 676 g/mol. The molecular weight excluding hydrogens is 628 g/mol. The van der Waals surface area contributed by atoms with Gasteiger partial charge in [0, 0.05) is 29.1 Å². The Hall–Kier alpha value is -4.34. The molecule has 0 aromatic heterocycles. The van der Waals surface area contributed by atoms with Crippen molar-refractivity contribution in [1.29, 1.82) is 0 Å². The number of para-hydroxylation sites is 2. The van der Waals surface area contributed by atoms with Gasteiger partial charge in [-0.25, -0.2) is 0 Å². The number of aliphatic imine (C=N–C) groups is 2. The van der Waals surface area contributed by atoms with Gasteiger partial charge in [0.05, 0.1) is 13.2 Å². The zero-order valence-electron chi connectivity index (χ0n) is 29.7. The molecule has 2 N–H and O–H groups in total. The quantitative estimate of drug-likeness (QED) is 0.183. The number of phenolic OH excluding ortho intramolecular Hbond substituents is 2. The van der Waals surface area contributed by atoms with Gasteiger partial charge >= 0.3 is 0 Å². The first-order chi connectivity index (χ1) is 23.9. The standard InChI is InChI=1S/C42H48N2O6/c1-41(2,3)31-21-13-19-29(36(31)45)23-43-34-35(44-24-30-20-14-22-32(37(30)46)42(4,5)6)40(47-25-27-15-9-7-10-16-27)49-33-26-48-39(50-38(33)34)28-17-11-8-12-18-28/h7-24,33-35,38-40,45-46H,25-26H2,1-6H3/t33-,34-,35-,38-,39?,40+/m1/s1. The van der Waals surface area contributed by atoms with E-state index in [0.717, 1.165) is 22.3 Å². The van der Waals surface area contributed by atoms with E-state index in [-0.39, 0.29) is 28.9 Å². The number of ether oxygens (including phenoxy) is 4. The molecule has 4 aromatic carbocycles. The van der Waals surface area contributed by atoms with E-state index in [9.17, 15) is 10.2 Å². The number of aromatic hydroxyl groups is 2. The second-order valence-corrected chi connectivity index (χ2v) is 15.0. The van der Waals surface area contributed by atoms with Crippen LogP contribution in [0.1, 0.15) is 81.2 Å². The second kappa shape index (κ2) is 14.9. The van der Waals surface area contributed by atoms with Crippen molar-refractivity contribution >= 4 is 12.4 Å². The van der Waals surface area contributed by atoms with Crippen molar-refractivity contribution in [3.8, 4) is 11.5 Å². The maximum absolute atomic E-state index is 11.3. The summed E-state index contributed by atoms with van der Waals surface area (Å²) in [6.45, 7) is 12.9. The molecule has 2 aliphatic heterocycles. The van der Waals surface area contributed by atoms with Gasteiger partial charge in [-0.1, -0.05) is 126 Å². The van der Waals surface area contributed by atoms with Crippen LogP contribution in [0.15, 0.2) is 107 Å². The normalized spacial score (nSPS) is 24.4. The van der Waals surface area contributed by atoms with Gasteiger partial charge in [0.2, 0.25) is 0 Å². The van der Waals surface area contributed by atoms with Gasteiger partial charge in [0.1, 0.15) is 35.8 Å². The van der Waals surface area contributed by atoms with E-state index in [4.69, 9.17) is 28.9 Å². The highest BCUT2D eigenvalue weighted by Gasteiger charge is 2.50. The lowest BCUT2D eigenvalue weighted by Crippen LogP contribution is -2.61. The van der Waals surface area contributed by atoms with Crippen LogP contribution < -0.4 is 0 Å². The van der Waals surface area contributed by atoms with Crippen molar-refractivity contribution in [2.24, 2.45) is 9.98 Å². The van der Waals surface area contributed by atoms with Crippen LogP contribution in [0.3, 0.4) is 0 Å². The van der Waals surface area contributed by atoms with Crippen LogP contribution in [0.5, 0.6) is 11.5 Å². The lowest BCUT2D eigenvalue weighted by molar-refractivity contribution is -0.325. The number of phenols is 2. The van der Waals surface area contributed by atoms with E-state index in [0.29, 0.717) is 17.7 Å². The SMILES string of the molecule is CC(C)(C)c1cccc(C=N[C@@H]2[C@@H](N=Cc3cccc(C(C)(C)C)c3O)[C@@H](OCc3ccccc3)O[C@@H]3COC(c4ccccc4)O[C@@H]23)c1O. The number of fused-ring (bicyclic) bond motifs is 1. The average Bonchev–Trinajstić information content (AvgIpc) is 3.09. The third-order valence-corrected chi connectivity index (χ3v) is 9.18. The zero-order valence-corrected chi connectivity index (χ0v) is 29.7. The van der Waals surface area contributed by atoms with Crippen LogP contribution in [0.25, 0.3) is 0 Å². The third-order valence-electron chi connectivity index (χ3n) is 9.18. The third kappa shape index (κ3) is 8.00. The number of benzene rings is 4. The van der Waals surface area contributed by atoms with Crippen molar-refractivity contribution in [1.82, 2.24) is 0 Å². The zero-order chi connectivity index (χ0) is 35.5. The smallest absolute Gasteiger partial charge is 0.184 e. The Balaban J connectivity index is 1.42. The van der Waals surface area contributed by atoms with E-state index < -0.39 is 36.9 Å². The Morgan fingerprint density at radius 3 is 1.78 bits per heavy atom. The van der Waals surface area contributed by atoms with Crippen LogP contribution in [-0.4, -0.2) is 59.8 Å². The fourth-order valence-electron chi connectivity index (χ4n) is 6.45. The minimum absolute atomic E-state index is 0.176. The predicted octanol–water partition coefficient (Wildman–Crippen LogP) is 8.02. The van der Waals surface area contributed by atoms with E-state index in [1.54, 1.807) is 12.4 Å². The Morgan fingerprint density at radius 1 is 0.680 bits per heavy atom. The van der Waals surface area contributed by atoms with Gasteiger partial charge in [0.15, 0.2) is 12.6 Å². The molecular formula is C42H48N2O6. The van der Waals surface area contributed by atoms with Crippen LogP contribution in [0, 0.1) is 0 Å². The second-order valence-electron chi connectivity index (χ2n) is 15.0. The van der Waals surface area contributed by atoms with Crippen molar-refractivity contribution in [3.63, 3.8) is 0 Å². The Labute approximate surface area is 295 Å². The average molecular weight is 677 g/mol. The summed E-state index contributed by atoms with van der Waals surface area (Å²) in [5, 5.41) is 22.6. The molecule has 0 spiro atoms. The van der Waals surface area contributed by atoms with Crippen LogP contribution in [0.2, 0.25) is 0 Å². The summed E-state index contributed by atoms with van der Waals surface area (Å²) in [6.07, 6.45) is 0.852. The molecule has 0 bridgehead atoms. The summed E-state index contributed by atoms with van der Waals surface area (Å²) in [6, 6.07) is 29.8. The van der Waals surface area contributed by atoms with Crippen molar-refractivity contribution < 1.29 is 29.2 Å². The summed E-state index contributed by atoms with van der Waals surface area (Å²) < 4.78 is 25.9. The molecule has 6 rings (SSSR count). The Morgan fingerprint density at radius 2 is 1.22 bits per heavy atom. The number of hydrogen-bond donors (Lipinski definition) is 2. The molecule has 0 aliphatic carbocycles. The first-order valence-electron chi connectivity index (χ1n) is 17.2. The summed E-state index contributed by atoms with van der Waals surface area (Å²) in [5.41, 5.74) is 4.15. The van der Waals surface area contributed by atoms with Gasteiger partial charge in [-0.2, -0.15) is 0 Å². The van der Waals surface area contributed by atoms with E-state index in [1.807, 2.05) is 97.1 Å². The van der Waals surface area contributed by atoms with E-state index in [2.05, 4.69) is 41.5 Å². The van der Waals surface area contributed by atoms with Gasteiger partial charge in [0.25, 0.3) is 0 Å². The fraction of sp³-hybridized carbons (Fsp3) is 0.381. The highest BCUT2D eigenvalue weighted by atomic mass is 16.7. The number of hydrogen-bond acceptors (Lipinski definition) is 8. The van der Waals surface area contributed by atoms with E-state index in [1.165, 1.54) is 0 Å². The molecule has 50 heavy (non-hydrogen) atoms. The molecule has 2 heterocycles. The van der Waals surface area contributed by atoms with Crippen molar-refractivity contribution in [3.05, 3.63) is 130 Å². The van der Waals surface area contributed by atoms with Crippen LogP contribution in [0.4, 0.5) is 0 Å². The highest BCUT2D eigenvalue weighted by molar-refractivity contribution is 5.85. The summed E-state index contributed by atoms with van der Waals surface area (Å²) in [4.78, 5) is 10.2. The molecule has 262 valence electrons. The molecule has 8 heteroatoms. The summed E-state index contributed by atoms with van der Waals surface area (Å²) in [5.74, 6) is 0.360. The number of rotatable bonds is 8. The van der Waals surface area contributed by atoms with Crippen LogP contribution >= 0.6 is 0 Å². The molecule has 1 unspecified atom stereocenters. The van der Waals surface area contributed by atoms with Gasteiger partial charge < -0.3 is 29.2 Å². The van der Waals surface area contributed by atoms with Crippen LogP contribution in [-0.2, 0) is 36.4 Å². The molecule has 2 aliphatic rings. The molecule has 8 nitrogen and oxygen atoms in total. The maximum atomic E-state index is 11.3. The highest BCUT2D eigenvalue weighted by Crippen LogP contribution is 2.38. The largest absolute Gasteiger partial charge is 0.507 e. The van der Waals surface area contributed by atoms with Crippen molar-refractivity contribution in [2.75, 3.05) is 6.61 Å². The minimum atomic E-state index is -0.822. The van der Waals surface area contributed by atoms with Gasteiger partial charge in [-0.05, 0) is 39.7 Å². The lowest BCUT2D eigenvalue weighted by Gasteiger charge is -2.47. The topological polar surface area (TPSA) is 102 Å². The number of nitrogens with zero attached hydrogens (tertiary/aromatic N) is 2. The first-order valence-corrected chi connectivity index (χ1v) is 17.2. The molecule has 4 aromatic rings. The summed E-state index contributed by atoms with van der Waals surface area (Å²) in [7, 11) is 0. The maximum Gasteiger partial charge on any atom is 0.184 e. The molecule has 2 saturated heterocycles.